The van der Waals surface area contributed by atoms with Crippen LogP contribution in [-0.2, 0) is 19.5 Å². The molecule has 1 aliphatic carbocycles. The number of carbonyl (C=O) groups is 1. The zero-order valence-corrected chi connectivity index (χ0v) is 19.5. The third-order valence-electron chi connectivity index (χ3n) is 6.76. The molecule has 0 aromatic heterocycles. The smallest absolute Gasteiger partial charge is 0.410 e. The van der Waals surface area contributed by atoms with E-state index in [0.29, 0.717) is 30.8 Å². The minimum atomic E-state index is -3.91. The summed E-state index contributed by atoms with van der Waals surface area (Å²) in [4.78, 5) is 14.3. The van der Waals surface area contributed by atoms with Gasteiger partial charge in [-0.05, 0) is 64.3 Å². The van der Waals surface area contributed by atoms with Crippen LogP contribution in [-0.4, -0.2) is 77.9 Å². The summed E-state index contributed by atoms with van der Waals surface area (Å²) in [5.74, 6) is 0. The number of hydrogen-bond acceptors (Lipinski definition) is 6. The van der Waals surface area contributed by atoms with E-state index in [1.165, 1.54) is 21.3 Å². The molecule has 0 unspecified atom stereocenters. The minimum absolute atomic E-state index is 0.125. The predicted octanol–water partition coefficient (Wildman–Crippen LogP) is 2.63. The molecule has 1 aromatic carbocycles. The molecule has 8 nitrogen and oxygen atoms in total. The van der Waals surface area contributed by atoms with E-state index >= 15 is 0 Å². The SMILES string of the molecule is C[C@H]1N(S(=O)(=O)c2ccc(Cl)cc2)[C@@H](C2(OC(=O)N3CC[C@@H](O)C3)CC2)COC1(C)C. The Hall–Kier alpha value is -1.39. The Morgan fingerprint density at radius 2 is 1.90 bits per heavy atom. The summed E-state index contributed by atoms with van der Waals surface area (Å²) in [6.45, 7) is 6.30. The third kappa shape index (κ3) is 4.18. The number of halogens is 1. The van der Waals surface area contributed by atoms with Crippen molar-refractivity contribution in [2.75, 3.05) is 19.7 Å². The number of aliphatic hydroxyl groups is 1. The van der Waals surface area contributed by atoms with Gasteiger partial charge in [-0.1, -0.05) is 11.6 Å². The van der Waals surface area contributed by atoms with Crippen LogP contribution in [0.5, 0.6) is 0 Å². The first-order valence-electron chi connectivity index (χ1n) is 10.6. The number of amides is 1. The number of benzene rings is 1. The Morgan fingerprint density at radius 3 is 2.45 bits per heavy atom. The van der Waals surface area contributed by atoms with Crippen molar-refractivity contribution in [2.45, 2.75) is 74.3 Å². The fourth-order valence-electron chi connectivity index (χ4n) is 4.32. The van der Waals surface area contributed by atoms with Crippen molar-refractivity contribution in [3.63, 3.8) is 0 Å². The average molecular weight is 473 g/mol. The number of carbonyl (C=O) groups excluding carboxylic acids is 1. The normalized spacial score (nSPS) is 30.2. The van der Waals surface area contributed by atoms with Crippen LogP contribution in [0.15, 0.2) is 29.2 Å². The number of aliphatic hydroxyl groups excluding tert-OH is 1. The number of nitrogens with zero attached hydrogens (tertiary/aromatic N) is 2. The number of likely N-dealkylation sites (tertiary alicyclic amines) is 1. The molecule has 31 heavy (non-hydrogen) atoms. The zero-order valence-electron chi connectivity index (χ0n) is 18.0. The fourth-order valence-corrected chi connectivity index (χ4v) is 6.43. The van der Waals surface area contributed by atoms with Gasteiger partial charge in [-0.3, -0.25) is 0 Å². The first-order chi connectivity index (χ1) is 14.5. The number of ether oxygens (including phenoxy) is 2. The van der Waals surface area contributed by atoms with Crippen molar-refractivity contribution in [2.24, 2.45) is 0 Å². The number of sulfonamides is 1. The van der Waals surface area contributed by atoms with Crippen LogP contribution in [0.1, 0.15) is 40.0 Å². The van der Waals surface area contributed by atoms with Gasteiger partial charge in [0.05, 0.1) is 35.3 Å². The van der Waals surface area contributed by atoms with Gasteiger partial charge in [-0.25, -0.2) is 13.2 Å². The van der Waals surface area contributed by atoms with Crippen molar-refractivity contribution in [3.05, 3.63) is 29.3 Å². The van der Waals surface area contributed by atoms with Gasteiger partial charge in [0.1, 0.15) is 5.60 Å². The van der Waals surface area contributed by atoms with Gasteiger partial charge in [0.25, 0.3) is 0 Å². The molecule has 1 saturated carbocycles. The highest BCUT2D eigenvalue weighted by Crippen LogP contribution is 2.49. The molecule has 0 radical (unpaired) electrons. The van der Waals surface area contributed by atoms with Crippen LogP contribution < -0.4 is 0 Å². The number of hydrogen-bond donors (Lipinski definition) is 1. The fraction of sp³-hybridized carbons (Fsp3) is 0.667. The Kier molecular flexibility index (Phi) is 5.79. The minimum Gasteiger partial charge on any atom is -0.441 e. The first-order valence-corrected chi connectivity index (χ1v) is 12.4. The molecule has 3 fully saturated rings. The van der Waals surface area contributed by atoms with Crippen molar-refractivity contribution in [3.8, 4) is 0 Å². The zero-order chi connectivity index (χ0) is 22.6. The molecule has 3 atom stereocenters. The van der Waals surface area contributed by atoms with Gasteiger partial charge in [-0.2, -0.15) is 4.31 Å². The van der Waals surface area contributed by atoms with Crippen LogP contribution in [0.3, 0.4) is 0 Å². The van der Waals surface area contributed by atoms with Gasteiger partial charge >= 0.3 is 6.09 Å². The molecule has 4 rings (SSSR count). The summed E-state index contributed by atoms with van der Waals surface area (Å²) in [5, 5.41) is 10.2. The van der Waals surface area contributed by atoms with Gasteiger partial charge in [0.2, 0.25) is 10.0 Å². The maximum absolute atomic E-state index is 13.7. The van der Waals surface area contributed by atoms with E-state index < -0.39 is 45.5 Å². The second kappa shape index (κ2) is 7.88. The van der Waals surface area contributed by atoms with Crippen LogP contribution in [0.25, 0.3) is 0 Å². The average Bonchev–Trinajstić information content (AvgIpc) is 3.34. The maximum atomic E-state index is 13.7. The molecule has 2 saturated heterocycles. The van der Waals surface area contributed by atoms with E-state index in [4.69, 9.17) is 21.1 Å². The molecule has 10 heteroatoms. The summed E-state index contributed by atoms with van der Waals surface area (Å²) in [6.07, 6.45) is 0.557. The highest BCUT2D eigenvalue weighted by molar-refractivity contribution is 7.89. The van der Waals surface area contributed by atoms with Gasteiger partial charge in [-0.15, -0.1) is 0 Å². The van der Waals surface area contributed by atoms with E-state index in [9.17, 15) is 18.3 Å². The molecule has 172 valence electrons. The summed E-state index contributed by atoms with van der Waals surface area (Å²) in [6, 6.07) is 4.93. The number of β-amino-alcohol motifs (C(OH)–C–C–N with tert-alkyl or cyclic N) is 1. The van der Waals surface area contributed by atoms with Gasteiger partial charge in [0.15, 0.2) is 0 Å². The topological polar surface area (TPSA) is 96.4 Å². The Balaban J connectivity index is 1.65. The second-order valence-electron chi connectivity index (χ2n) is 9.22. The number of rotatable bonds is 4. The third-order valence-corrected chi connectivity index (χ3v) is 9.01. The van der Waals surface area contributed by atoms with E-state index in [1.807, 2.05) is 20.8 Å². The van der Waals surface area contributed by atoms with E-state index in [0.717, 1.165) is 0 Å². The van der Waals surface area contributed by atoms with Crippen molar-refractivity contribution < 1.29 is 27.8 Å². The number of morpholine rings is 1. The molecular formula is C21H29ClN2O6S. The van der Waals surface area contributed by atoms with Crippen LogP contribution in [0.2, 0.25) is 5.02 Å². The summed E-state index contributed by atoms with van der Waals surface area (Å²) >= 11 is 5.95. The van der Waals surface area contributed by atoms with Crippen molar-refractivity contribution in [1.82, 2.24) is 9.21 Å². The van der Waals surface area contributed by atoms with E-state index in [1.54, 1.807) is 12.1 Å². The quantitative estimate of drug-likeness (QED) is 0.723. The molecular weight excluding hydrogens is 444 g/mol. The largest absolute Gasteiger partial charge is 0.441 e. The monoisotopic (exact) mass is 472 g/mol. The standard InChI is InChI=1S/C21H29ClN2O6S/c1-14-20(2,3)29-13-18(24(14)31(27,28)17-6-4-15(22)5-7-17)21(9-10-21)30-19(26)23-11-8-16(25)12-23/h4-7,14,16,18,25H,8-13H2,1-3H3/t14-,16-,18-/m1/s1. The van der Waals surface area contributed by atoms with Gasteiger partial charge < -0.3 is 19.5 Å². The Labute approximate surface area is 188 Å². The summed E-state index contributed by atoms with van der Waals surface area (Å²) in [7, 11) is -3.91. The highest BCUT2D eigenvalue weighted by atomic mass is 35.5. The van der Waals surface area contributed by atoms with E-state index in [2.05, 4.69) is 0 Å². The van der Waals surface area contributed by atoms with Crippen LogP contribution >= 0.6 is 11.6 Å². The Bertz CT molecular complexity index is 947. The molecule has 0 spiro atoms. The Morgan fingerprint density at radius 1 is 1.26 bits per heavy atom. The summed E-state index contributed by atoms with van der Waals surface area (Å²) < 4.78 is 40.8. The lowest BCUT2D eigenvalue weighted by Crippen LogP contribution is -2.66. The van der Waals surface area contributed by atoms with Crippen molar-refractivity contribution >= 4 is 27.7 Å². The van der Waals surface area contributed by atoms with Gasteiger partial charge in [0, 0.05) is 18.1 Å². The molecule has 3 aliphatic rings. The lowest BCUT2D eigenvalue weighted by atomic mass is 9.94. The lowest BCUT2D eigenvalue weighted by Gasteiger charge is -2.50. The highest BCUT2D eigenvalue weighted by Gasteiger charge is 2.62. The molecule has 0 bridgehead atoms. The second-order valence-corrected chi connectivity index (χ2v) is 11.5. The molecule has 1 aromatic rings. The molecule has 2 heterocycles. The lowest BCUT2D eigenvalue weighted by molar-refractivity contribution is -0.148. The van der Waals surface area contributed by atoms with Crippen molar-refractivity contribution in [1.29, 1.82) is 0 Å². The summed E-state index contributed by atoms with van der Waals surface area (Å²) in [5.41, 5.74) is -1.65. The van der Waals surface area contributed by atoms with E-state index in [-0.39, 0.29) is 18.0 Å². The molecule has 2 aliphatic heterocycles. The molecule has 1 N–H and O–H groups in total. The maximum Gasteiger partial charge on any atom is 0.410 e. The predicted molar refractivity (Wildman–Crippen MR) is 114 cm³/mol. The van der Waals surface area contributed by atoms with Crippen LogP contribution in [0.4, 0.5) is 4.79 Å². The van der Waals surface area contributed by atoms with Crippen LogP contribution in [0, 0.1) is 0 Å². The molecule has 1 amide bonds. The first kappa shape index (κ1) is 22.8.